The van der Waals surface area contributed by atoms with E-state index in [2.05, 4.69) is 9.97 Å². The Bertz CT molecular complexity index is 708. The van der Waals surface area contributed by atoms with Crippen molar-refractivity contribution in [2.24, 2.45) is 0 Å². The Hall–Kier alpha value is -2.01. The number of rotatable bonds is 2. The molecular weight excluding hydrogens is 246 g/mol. The van der Waals surface area contributed by atoms with Crippen molar-refractivity contribution in [2.45, 2.75) is 17.2 Å². The van der Waals surface area contributed by atoms with E-state index in [1.54, 1.807) is 6.07 Å². The Morgan fingerprint density at radius 3 is 2.89 bits per heavy atom. The number of hydrogen-bond acceptors (Lipinski definition) is 5. The van der Waals surface area contributed by atoms with E-state index in [9.17, 15) is 0 Å². The normalized spacial score (nSPS) is 10.9. The minimum absolute atomic E-state index is 0.578. The Labute approximate surface area is 108 Å². The summed E-state index contributed by atoms with van der Waals surface area (Å²) in [6, 6.07) is 11.3. The largest absolute Gasteiger partial charge is 0.431 e. The monoisotopic (exact) mass is 257 g/mol. The first-order valence-electron chi connectivity index (χ1n) is 5.48. The van der Waals surface area contributed by atoms with Crippen molar-refractivity contribution < 1.29 is 4.42 Å². The molecular formula is C13H11N3OS. The van der Waals surface area contributed by atoms with Gasteiger partial charge in [0.2, 0.25) is 0 Å². The first-order valence-corrected chi connectivity index (χ1v) is 6.30. The number of anilines is 1. The van der Waals surface area contributed by atoms with Crippen LogP contribution < -0.4 is 5.73 Å². The van der Waals surface area contributed by atoms with Gasteiger partial charge in [0.1, 0.15) is 10.5 Å². The SMILES string of the molecule is Cc1cccc(Sc2nc3ccc(N)cc3o2)n1. The second kappa shape index (κ2) is 4.34. The van der Waals surface area contributed by atoms with Crippen LogP contribution in [0, 0.1) is 6.92 Å². The van der Waals surface area contributed by atoms with Crippen LogP contribution in [0.1, 0.15) is 5.69 Å². The van der Waals surface area contributed by atoms with Crippen LogP contribution in [-0.2, 0) is 0 Å². The molecule has 0 aliphatic carbocycles. The third-order valence-corrected chi connectivity index (χ3v) is 3.23. The number of aromatic nitrogens is 2. The van der Waals surface area contributed by atoms with E-state index >= 15 is 0 Å². The van der Waals surface area contributed by atoms with Crippen LogP contribution in [0.2, 0.25) is 0 Å². The summed E-state index contributed by atoms with van der Waals surface area (Å²) in [6.45, 7) is 1.96. The van der Waals surface area contributed by atoms with E-state index in [-0.39, 0.29) is 0 Å². The molecule has 0 spiro atoms. The van der Waals surface area contributed by atoms with Gasteiger partial charge in [-0.2, -0.15) is 0 Å². The van der Waals surface area contributed by atoms with Crippen LogP contribution >= 0.6 is 11.8 Å². The Morgan fingerprint density at radius 2 is 2.06 bits per heavy atom. The van der Waals surface area contributed by atoms with Crippen LogP contribution in [0.5, 0.6) is 0 Å². The molecule has 0 unspecified atom stereocenters. The third-order valence-electron chi connectivity index (χ3n) is 2.45. The Balaban J connectivity index is 1.95. The van der Waals surface area contributed by atoms with Gasteiger partial charge in [0.05, 0.1) is 0 Å². The maximum atomic E-state index is 5.70. The zero-order chi connectivity index (χ0) is 12.5. The zero-order valence-corrected chi connectivity index (χ0v) is 10.6. The predicted molar refractivity (Wildman–Crippen MR) is 71.5 cm³/mol. The van der Waals surface area contributed by atoms with E-state index in [1.807, 2.05) is 37.3 Å². The lowest BCUT2D eigenvalue weighted by molar-refractivity contribution is 0.489. The molecule has 0 fully saturated rings. The molecule has 0 aliphatic rings. The van der Waals surface area contributed by atoms with Crippen LogP contribution in [-0.4, -0.2) is 9.97 Å². The average Bonchev–Trinajstić information content (AvgIpc) is 2.70. The van der Waals surface area contributed by atoms with Gasteiger partial charge in [-0.25, -0.2) is 9.97 Å². The van der Waals surface area contributed by atoms with Gasteiger partial charge in [-0.05, 0) is 43.0 Å². The summed E-state index contributed by atoms with van der Waals surface area (Å²) in [6.07, 6.45) is 0. The second-order valence-electron chi connectivity index (χ2n) is 3.93. The van der Waals surface area contributed by atoms with Crippen LogP contribution in [0.25, 0.3) is 11.1 Å². The number of nitrogens with two attached hydrogens (primary N) is 1. The fraction of sp³-hybridized carbons (Fsp3) is 0.0769. The van der Waals surface area contributed by atoms with E-state index in [0.29, 0.717) is 16.5 Å². The quantitative estimate of drug-likeness (QED) is 0.714. The van der Waals surface area contributed by atoms with Crippen LogP contribution in [0.4, 0.5) is 5.69 Å². The van der Waals surface area contributed by atoms with Gasteiger partial charge in [0.25, 0.3) is 5.22 Å². The minimum atomic E-state index is 0.578. The lowest BCUT2D eigenvalue weighted by Gasteiger charge is -1.96. The third kappa shape index (κ3) is 2.17. The van der Waals surface area contributed by atoms with Crippen molar-refractivity contribution in [1.29, 1.82) is 0 Å². The molecule has 4 nitrogen and oxygen atoms in total. The van der Waals surface area contributed by atoms with Gasteiger partial charge in [-0.15, -0.1) is 0 Å². The van der Waals surface area contributed by atoms with Gasteiger partial charge in [0, 0.05) is 17.4 Å². The van der Waals surface area contributed by atoms with Crippen molar-refractivity contribution in [3.05, 3.63) is 42.1 Å². The molecule has 3 aromatic rings. The molecule has 5 heteroatoms. The highest BCUT2D eigenvalue weighted by Crippen LogP contribution is 2.29. The van der Waals surface area contributed by atoms with Gasteiger partial charge < -0.3 is 10.2 Å². The maximum Gasteiger partial charge on any atom is 0.263 e. The molecule has 18 heavy (non-hydrogen) atoms. The van der Waals surface area contributed by atoms with Crippen molar-refractivity contribution in [3.8, 4) is 0 Å². The van der Waals surface area contributed by atoms with Crippen molar-refractivity contribution in [2.75, 3.05) is 5.73 Å². The number of fused-ring (bicyclic) bond motifs is 1. The molecule has 3 rings (SSSR count). The fourth-order valence-corrected chi connectivity index (χ4v) is 2.42. The summed E-state index contributed by atoms with van der Waals surface area (Å²) < 4.78 is 5.62. The smallest absolute Gasteiger partial charge is 0.263 e. The molecule has 2 aromatic heterocycles. The van der Waals surface area contributed by atoms with Crippen LogP contribution in [0.15, 0.2) is 51.1 Å². The zero-order valence-electron chi connectivity index (χ0n) is 9.75. The summed E-state index contributed by atoms with van der Waals surface area (Å²) in [5.41, 5.74) is 8.85. The van der Waals surface area contributed by atoms with E-state index in [1.165, 1.54) is 11.8 Å². The summed E-state index contributed by atoms with van der Waals surface area (Å²) >= 11 is 1.40. The summed E-state index contributed by atoms with van der Waals surface area (Å²) in [7, 11) is 0. The van der Waals surface area contributed by atoms with Gasteiger partial charge >= 0.3 is 0 Å². The highest BCUT2D eigenvalue weighted by atomic mass is 32.2. The molecule has 2 N–H and O–H groups in total. The molecule has 1 aromatic carbocycles. The van der Waals surface area contributed by atoms with E-state index in [0.717, 1.165) is 16.2 Å². The first-order chi connectivity index (χ1) is 8.70. The van der Waals surface area contributed by atoms with E-state index < -0.39 is 0 Å². The van der Waals surface area contributed by atoms with Gasteiger partial charge in [-0.1, -0.05) is 6.07 Å². The van der Waals surface area contributed by atoms with Crippen molar-refractivity contribution in [3.63, 3.8) is 0 Å². The Morgan fingerprint density at radius 1 is 1.17 bits per heavy atom. The number of nitrogen functional groups attached to an aromatic ring is 1. The number of hydrogen-bond donors (Lipinski definition) is 1. The standard InChI is InChI=1S/C13H11N3OS/c1-8-3-2-4-12(15-8)18-13-16-10-6-5-9(14)7-11(10)17-13/h2-7H,14H2,1H3. The first kappa shape index (κ1) is 11.1. The molecule has 90 valence electrons. The molecule has 0 amide bonds. The second-order valence-corrected chi connectivity index (χ2v) is 4.90. The minimum Gasteiger partial charge on any atom is -0.431 e. The average molecular weight is 257 g/mol. The maximum absolute atomic E-state index is 5.70. The van der Waals surface area contributed by atoms with Crippen molar-refractivity contribution >= 4 is 28.5 Å². The Kier molecular flexibility index (Phi) is 2.68. The number of pyridine rings is 1. The number of oxazole rings is 1. The molecule has 0 atom stereocenters. The molecule has 0 radical (unpaired) electrons. The van der Waals surface area contributed by atoms with Crippen molar-refractivity contribution in [1.82, 2.24) is 9.97 Å². The van der Waals surface area contributed by atoms with Crippen LogP contribution in [0.3, 0.4) is 0 Å². The molecule has 0 aliphatic heterocycles. The highest BCUT2D eigenvalue weighted by Gasteiger charge is 2.08. The lowest BCUT2D eigenvalue weighted by Crippen LogP contribution is -1.82. The molecule has 0 saturated carbocycles. The molecule has 0 saturated heterocycles. The fourth-order valence-electron chi connectivity index (χ4n) is 1.63. The lowest BCUT2D eigenvalue weighted by atomic mass is 10.3. The molecule has 2 heterocycles. The highest BCUT2D eigenvalue weighted by molar-refractivity contribution is 7.99. The number of benzene rings is 1. The summed E-state index contributed by atoms with van der Waals surface area (Å²) in [4.78, 5) is 8.77. The van der Waals surface area contributed by atoms with E-state index in [4.69, 9.17) is 10.2 Å². The summed E-state index contributed by atoms with van der Waals surface area (Å²) in [5, 5.41) is 1.45. The van der Waals surface area contributed by atoms with Gasteiger partial charge in [0.15, 0.2) is 5.58 Å². The number of nitrogens with zero attached hydrogens (tertiary/aromatic N) is 2. The topological polar surface area (TPSA) is 64.9 Å². The molecule has 0 bridgehead atoms. The number of aryl methyl sites for hydroxylation is 1. The van der Waals surface area contributed by atoms with Gasteiger partial charge in [-0.3, -0.25) is 0 Å². The summed E-state index contributed by atoms with van der Waals surface area (Å²) in [5.74, 6) is 0. The predicted octanol–water partition coefficient (Wildman–Crippen LogP) is 3.26.